The lowest BCUT2D eigenvalue weighted by atomic mass is 10.2. The van der Waals surface area contributed by atoms with Crippen molar-refractivity contribution in [3.63, 3.8) is 0 Å². The van der Waals surface area contributed by atoms with Crippen molar-refractivity contribution < 1.29 is 9.00 Å². The molecule has 0 heterocycles. The largest absolute Gasteiger partial charge is 0.397 e. The minimum atomic E-state index is -0.822. The van der Waals surface area contributed by atoms with E-state index in [0.717, 1.165) is 12.2 Å². The topological polar surface area (TPSA) is 72.2 Å². The Kier molecular flexibility index (Phi) is 7.30. The number of hydrogen-bond acceptors (Lipinski definition) is 3. The molecule has 4 nitrogen and oxygen atoms in total. The molecule has 0 radical (unpaired) electrons. The zero-order chi connectivity index (χ0) is 15.0. The molecule has 20 heavy (non-hydrogen) atoms. The Morgan fingerprint density at radius 2 is 2.10 bits per heavy atom. The lowest BCUT2D eigenvalue weighted by Crippen LogP contribution is -2.15. The monoisotopic (exact) mass is 296 g/mol. The second-order valence-corrected chi connectivity index (χ2v) is 6.68. The third kappa shape index (κ3) is 6.19. The number of benzene rings is 1. The number of hydrogen-bond donors (Lipinski definition) is 2. The molecule has 112 valence electrons. The zero-order valence-corrected chi connectivity index (χ0v) is 13.0. The van der Waals surface area contributed by atoms with Gasteiger partial charge in [0.1, 0.15) is 0 Å². The predicted octanol–water partition coefficient (Wildman–Crippen LogP) is 2.78. The van der Waals surface area contributed by atoms with E-state index in [-0.39, 0.29) is 5.91 Å². The molecule has 0 aromatic heterocycles. The van der Waals surface area contributed by atoms with E-state index >= 15 is 0 Å². The number of anilines is 2. The van der Waals surface area contributed by atoms with Crippen molar-refractivity contribution in [1.29, 1.82) is 0 Å². The number of amides is 1. The first-order valence-corrected chi connectivity index (χ1v) is 8.51. The fourth-order valence-electron chi connectivity index (χ4n) is 1.74. The summed E-state index contributed by atoms with van der Waals surface area (Å²) in [5.41, 5.74) is 6.95. The number of nitrogen functional groups attached to an aromatic ring is 1. The zero-order valence-electron chi connectivity index (χ0n) is 12.2. The van der Waals surface area contributed by atoms with E-state index in [1.165, 1.54) is 0 Å². The van der Waals surface area contributed by atoms with Crippen LogP contribution >= 0.6 is 0 Å². The van der Waals surface area contributed by atoms with Gasteiger partial charge in [-0.25, -0.2) is 0 Å². The molecule has 1 aromatic rings. The van der Waals surface area contributed by atoms with Crippen LogP contribution in [0.25, 0.3) is 0 Å². The molecule has 0 saturated heterocycles. The van der Waals surface area contributed by atoms with E-state index in [0.29, 0.717) is 35.9 Å². The van der Waals surface area contributed by atoms with Gasteiger partial charge >= 0.3 is 0 Å². The number of carbonyl (C=O) groups is 1. The minimum Gasteiger partial charge on any atom is -0.397 e. The van der Waals surface area contributed by atoms with Crippen LogP contribution < -0.4 is 11.1 Å². The Hall–Kier alpha value is -1.36. The average molecular weight is 296 g/mol. The first-order chi connectivity index (χ1) is 9.52. The highest BCUT2D eigenvalue weighted by Crippen LogP contribution is 2.17. The predicted molar refractivity (Wildman–Crippen MR) is 86.0 cm³/mol. The van der Waals surface area contributed by atoms with Gasteiger partial charge in [-0.3, -0.25) is 9.00 Å². The van der Waals surface area contributed by atoms with Crippen molar-refractivity contribution in [3.05, 3.63) is 24.3 Å². The molecule has 1 aromatic carbocycles. The summed E-state index contributed by atoms with van der Waals surface area (Å²) >= 11 is 0. The van der Waals surface area contributed by atoms with E-state index in [9.17, 15) is 9.00 Å². The van der Waals surface area contributed by atoms with Crippen molar-refractivity contribution in [2.24, 2.45) is 5.92 Å². The van der Waals surface area contributed by atoms with Crippen molar-refractivity contribution in [3.8, 4) is 0 Å². The Morgan fingerprint density at radius 1 is 1.40 bits per heavy atom. The Bertz CT molecular complexity index is 463. The van der Waals surface area contributed by atoms with E-state index in [1.54, 1.807) is 12.1 Å². The van der Waals surface area contributed by atoms with Crippen molar-refractivity contribution in [2.45, 2.75) is 33.1 Å². The van der Waals surface area contributed by atoms with E-state index in [2.05, 4.69) is 19.2 Å². The van der Waals surface area contributed by atoms with Gasteiger partial charge in [0.25, 0.3) is 0 Å². The van der Waals surface area contributed by atoms with Gasteiger partial charge in [0.05, 0.1) is 11.4 Å². The molecule has 0 aliphatic heterocycles. The highest BCUT2D eigenvalue weighted by Gasteiger charge is 2.08. The van der Waals surface area contributed by atoms with Gasteiger partial charge in [-0.1, -0.05) is 32.4 Å². The molecule has 0 bridgehead atoms. The maximum atomic E-state index is 11.8. The summed E-state index contributed by atoms with van der Waals surface area (Å²) in [6, 6.07) is 7.17. The van der Waals surface area contributed by atoms with Crippen LogP contribution in [0.5, 0.6) is 0 Å². The molecular formula is C15H24N2O2S. The second-order valence-electron chi connectivity index (χ2n) is 5.06. The molecule has 5 heteroatoms. The second kappa shape index (κ2) is 8.74. The molecule has 2 unspecified atom stereocenters. The molecule has 2 atom stereocenters. The molecule has 1 amide bonds. The standard InChI is InChI=1S/C15H24N2O2S/c1-3-12(2)11-20(19)10-6-9-15(18)17-14-8-5-4-7-13(14)16/h4-5,7-8,12H,3,6,9-11,16H2,1-2H3,(H,17,18). The average Bonchev–Trinajstić information content (AvgIpc) is 2.41. The summed E-state index contributed by atoms with van der Waals surface area (Å²) in [6.07, 6.45) is 2.06. The van der Waals surface area contributed by atoms with Crippen LogP contribution in [0.3, 0.4) is 0 Å². The first kappa shape index (κ1) is 16.7. The quantitative estimate of drug-likeness (QED) is 0.725. The van der Waals surface area contributed by atoms with Crippen LogP contribution in [0, 0.1) is 5.92 Å². The van der Waals surface area contributed by atoms with Gasteiger partial charge in [-0.15, -0.1) is 0 Å². The van der Waals surface area contributed by atoms with Crippen LogP contribution in [0.15, 0.2) is 24.3 Å². The lowest BCUT2D eigenvalue weighted by Gasteiger charge is -2.09. The molecule has 0 saturated carbocycles. The maximum absolute atomic E-state index is 11.8. The summed E-state index contributed by atoms with van der Waals surface area (Å²) in [5, 5.41) is 2.77. The fourth-order valence-corrected chi connectivity index (χ4v) is 3.24. The smallest absolute Gasteiger partial charge is 0.224 e. The van der Waals surface area contributed by atoms with Crippen LogP contribution in [-0.2, 0) is 15.6 Å². The number of nitrogens with one attached hydrogen (secondary N) is 1. The molecule has 0 fully saturated rings. The van der Waals surface area contributed by atoms with Gasteiger partial charge in [0, 0.05) is 28.7 Å². The molecule has 0 spiro atoms. The van der Waals surface area contributed by atoms with Crippen molar-refractivity contribution >= 4 is 28.1 Å². The first-order valence-electron chi connectivity index (χ1n) is 7.02. The third-order valence-corrected chi connectivity index (χ3v) is 4.86. The number of para-hydroxylation sites is 2. The number of rotatable bonds is 8. The SMILES string of the molecule is CCC(C)CS(=O)CCCC(=O)Nc1ccccc1N. The van der Waals surface area contributed by atoms with Crippen LogP contribution in [-0.4, -0.2) is 21.6 Å². The molecule has 0 aliphatic carbocycles. The van der Waals surface area contributed by atoms with Crippen molar-refractivity contribution in [2.75, 3.05) is 22.6 Å². The van der Waals surface area contributed by atoms with Crippen LogP contribution in [0.4, 0.5) is 11.4 Å². The summed E-state index contributed by atoms with van der Waals surface area (Å²) in [5.74, 6) is 1.71. The normalized spacial score (nSPS) is 13.7. The van der Waals surface area contributed by atoms with Gasteiger partial charge in [0.15, 0.2) is 0 Å². The van der Waals surface area contributed by atoms with Crippen molar-refractivity contribution in [1.82, 2.24) is 0 Å². The van der Waals surface area contributed by atoms with E-state index in [1.807, 2.05) is 12.1 Å². The molecule has 0 aliphatic rings. The van der Waals surface area contributed by atoms with Gasteiger partial charge in [0.2, 0.25) is 5.91 Å². The third-order valence-electron chi connectivity index (χ3n) is 3.18. The minimum absolute atomic E-state index is 0.0801. The van der Waals surface area contributed by atoms with Gasteiger partial charge in [-0.2, -0.15) is 0 Å². The highest BCUT2D eigenvalue weighted by molar-refractivity contribution is 7.84. The summed E-state index contributed by atoms with van der Waals surface area (Å²) in [4.78, 5) is 11.8. The van der Waals surface area contributed by atoms with E-state index in [4.69, 9.17) is 5.73 Å². The maximum Gasteiger partial charge on any atom is 0.224 e. The molecular weight excluding hydrogens is 272 g/mol. The number of nitrogens with two attached hydrogens (primary N) is 1. The van der Waals surface area contributed by atoms with E-state index < -0.39 is 10.8 Å². The summed E-state index contributed by atoms with van der Waals surface area (Å²) in [6.45, 7) is 4.20. The van der Waals surface area contributed by atoms with Crippen LogP contribution in [0.1, 0.15) is 33.1 Å². The lowest BCUT2D eigenvalue weighted by molar-refractivity contribution is -0.116. The highest BCUT2D eigenvalue weighted by atomic mass is 32.2. The fraction of sp³-hybridized carbons (Fsp3) is 0.533. The Morgan fingerprint density at radius 3 is 2.75 bits per heavy atom. The van der Waals surface area contributed by atoms with Gasteiger partial charge in [-0.05, 0) is 24.5 Å². The number of carbonyl (C=O) groups excluding carboxylic acids is 1. The van der Waals surface area contributed by atoms with Crippen LogP contribution in [0.2, 0.25) is 0 Å². The molecule has 1 rings (SSSR count). The summed E-state index contributed by atoms with van der Waals surface area (Å²) < 4.78 is 11.8. The molecule has 3 N–H and O–H groups in total. The van der Waals surface area contributed by atoms with Gasteiger partial charge < -0.3 is 11.1 Å². The summed E-state index contributed by atoms with van der Waals surface area (Å²) in [7, 11) is -0.822. The Labute approximate surface area is 123 Å². The Balaban J connectivity index is 2.27.